The highest BCUT2D eigenvalue weighted by atomic mass is 16.6. The van der Waals surface area contributed by atoms with E-state index in [0.29, 0.717) is 6.42 Å². The first-order valence-electron chi connectivity index (χ1n) is 20.4. The minimum atomic E-state index is -2.39. The van der Waals surface area contributed by atoms with Gasteiger partial charge in [-0.2, -0.15) is 0 Å². The van der Waals surface area contributed by atoms with Crippen molar-refractivity contribution in [2.45, 2.75) is 134 Å². The number of hydrogen-bond acceptors (Lipinski definition) is 5. The SMILES string of the molecule is CCCCCCCCCCCCC/C=C/C(O)(C(=O)c1ccccc1)C(NC(=O)OC(C)(C)C)C(O)C(c1ccccc1)(c1ccccc1)c1ccccc1. The second-order valence-electron chi connectivity index (χ2n) is 15.7. The van der Waals surface area contributed by atoms with Crippen LogP contribution < -0.4 is 5.32 Å². The highest BCUT2D eigenvalue weighted by Crippen LogP contribution is 2.45. The number of allylic oxidation sites excluding steroid dienone is 1. The Balaban J connectivity index is 1.77. The fourth-order valence-corrected chi connectivity index (χ4v) is 7.56. The number of rotatable bonds is 22. The molecule has 6 nitrogen and oxygen atoms in total. The number of ether oxygens (including phenoxy) is 1. The van der Waals surface area contributed by atoms with Crippen molar-refractivity contribution < 1.29 is 24.5 Å². The molecule has 55 heavy (non-hydrogen) atoms. The van der Waals surface area contributed by atoms with E-state index in [1.54, 1.807) is 51.1 Å². The van der Waals surface area contributed by atoms with E-state index in [1.807, 2.05) is 97.1 Å². The predicted octanol–water partition coefficient (Wildman–Crippen LogP) is 11.1. The third kappa shape index (κ3) is 12.0. The number of Topliss-reactive ketones (excluding diaryl/α,β-unsaturated/α-hetero) is 1. The summed E-state index contributed by atoms with van der Waals surface area (Å²) in [7, 11) is 0. The summed E-state index contributed by atoms with van der Waals surface area (Å²) in [5.74, 6) is -0.647. The molecule has 0 heterocycles. The van der Waals surface area contributed by atoms with Crippen LogP contribution in [0.15, 0.2) is 133 Å². The third-order valence-corrected chi connectivity index (χ3v) is 10.3. The number of benzene rings is 4. The fourth-order valence-electron chi connectivity index (χ4n) is 7.56. The Bertz CT molecular complexity index is 1620. The molecule has 3 unspecified atom stereocenters. The molecule has 0 fully saturated rings. The largest absolute Gasteiger partial charge is 0.444 e. The number of ketones is 1. The van der Waals surface area contributed by atoms with E-state index >= 15 is 0 Å². The van der Waals surface area contributed by atoms with E-state index < -0.39 is 40.6 Å². The molecule has 4 rings (SSSR count). The summed E-state index contributed by atoms with van der Waals surface area (Å²) < 4.78 is 5.74. The van der Waals surface area contributed by atoms with Crippen molar-refractivity contribution in [1.29, 1.82) is 0 Å². The Kier molecular flexibility index (Phi) is 16.9. The lowest BCUT2D eigenvalue weighted by Crippen LogP contribution is -2.66. The number of aliphatic hydroxyl groups excluding tert-OH is 1. The summed E-state index contributed by atoms with van der Waals surface area (Å²) in [6.45, 7) is 7.48. The molecule has 3 N–H and O–H groups in total. The molecule has 4 aromatic carbocycles. The van der Waals surface area contributed by atoms with Gasteiger partial charge in [-0.3, -0.25) is 4.79 Å². The molecule has 0 radical (unpaired) electrons. The summed E-state index contributed by atoms with van der Waals surface area (Å²) in [5, 5.41) is 29.1. The second-order valence-corrected chi connectivity index (χ2v) is 15.7. The number of hydrogen-bond donors (Lipinski definition) is 3. The van der Waals surface area contributed by atoms with E-state index in [2.05, 4.69) is 12.2 Å². The van der Waals surface area contributed by atoms with Gasteiger partial charge in [0.05, 0.1) is 17.6 Å². The van der Waals surface area contributed by atoms with Crippen LogP contribution in [0.5, 0.6) is 0 Å². The van der Waals surface area contributed by atoms with E-state index in [-0.39, 0.29) is 5.56 Å². The Morgan fingerprint density at radius 1 is 0.636 bits per heavy atom. The number of alkyl carbamates (subject to hydrolysis) is 1. The van der Waals surface area contributed by atoms with Gasteiger partial charge >= 0.3 is 6.09 Å². The normalized spacial score (nSPS) is 14.2. The topological polar surface area (TPSA) is 95.9 Å². The number of aliphatic hydroxyl groups is 2. The molecular formula is C49H63NO5. The molecule has 0 aliphatic carbocycles. The first-order chi connectivity index (χ1) is 26.5. The van der Waals surface area contributed by atoms with E-state index in [0.717, 1.165) is 36.0 Å². The van der Waals surface area contributed by atoms with Crippen molar-refractivity contribution in [2.24, 2.45) is 0 Å². The van der Waals surface area contributed by atoms with Gasteiger partial charge in [-0.05, 0) is 56.4 Å². The average molecular weight is 746 g/mol. The van der Waals surface area contributed by atoms with Gasteiger partial charge < -0.3 is 20.3 Å². The zero-order valence-corrected chi connectivity index (χ0v) is 33.5. The summed E-state index contributed by atoms with van der Waals surface area (Å²) in [4.78, 5) is 28.6. The molecule has 0 spiro atoms. The molecule has 0 aliphatic heterocycles. The predicted molar refractivity (Wildman–Crippen MR) is 224 cm³/mol. The standard InChI is InChI=1S/C49H63NO5/c1-5-6-7-8-9-10-11-12-13-14-15-16-29-38-48(54,44(51)39-30-21-17-22-31-39)43(50-46(53)55-47(2,3)4)45(52)49(40-32-23-18-24-33-40,41-34-25-19-26-35-41)42-36-27-20-28-37-42/h17-38,43,45,52,54H,5-16H2,1-4H3,(H,50,53)/b38-29+. The van der Waals surface area contributed by atoms with Crippen LogP contribution in [0.25, 0.3) is 0 Å². The Labute approximate surface area is 330 Å². The summed E-state index contributed by atoms with van der Waals surface area (Å²) >= 11 is 0. The molecule has 6 heteroatoms. The average Bonchev–Trinajstić information content (AvgIpc) is 3.19. The van der Waals surface area contributed by atoms with Crippen molar-refractivity contribution in [3.63, 3.8) is 0 Å². The maximum atomic E-state index is 14.8. The summed E-state index contributed by atoms with van der Waals surface area (Å²) in [5.41, 5.74) is -2.24. The molecular weight excluding hydrogens is 683 g/mol. The number of nitrogens with one attached hydrogen (secondary N) is 1. The third-order valence-electron chi connectivity index (χ3n) is 10.3. The molecule has 1 amide bonds. The molecule has 4 aromatic rings. The number of unbranched alkanes of at least 4 members (excludes halogenated alkanes) is 11. The Morgan fingerprint density at radius 2 is 1.04 bits per heavy atom. The highest BCUT2D eigenvalue weighted by molar-refractivity contribution is 6.04. The van der Waals surface area contributed by atoms with Gasteiger partial charge in [0, 0.05) is 5.56 Å². The number of amides is 1. The van der Waals surface area contributed by atoms with Crippen molar-refractivity contribution in [2.75, 3.05) is 0 Å². The van der Waals surface area contributed by atoms with Crippen molar-refractivity contribution in [3.05, 3.63) is 156 Å². The number of carbonyl (C=O) groups is 2. The number of carbonyl (C=O) groups excluding carboxylic acids is 2. The molecule has 294 valence electrons. The van der Waals surface area contributed by atoms with E-state index in [1.165, 1.54) is 57.4 Å². The van der Waals surface area contributed by atoms with Crippen molar-refractivity contribution >= 4 is 11.9 Å². The van der Waals surface area contributed by atoms with Gasteiger partial charge in [-0.1, -0.05) is 199 Å². The first-order valence-corrected chi connectivity index (χ1v) is 20.4. The zero-order chi connectivity index (χ0) is 39.6. The van der Waals surface area contributed by atoms with Crippen molar-refractivity contribution in [1.82, 2.24) is 5.32 Å². The van der Waals surface area contributed by atoms with Gasteiger partial charge in [-0.15, -0.1) is 0 Å². The van der Waals surface area contributed by atoms with Gasteiger partial charge in [0.1, 0.15) is 5.60 Å². The van der Waals surface area contributed by atoms with Crippen LogP contribution in [0, 0.1) is 0 Å². The second kappa shape index (κ2) is 21.5. The smallest absolute Gasteiger partial charge is 0.408 e. The lowest BCUT2D eigenvalue weighted by Gasteiger charge is -2.47. The monoisotopic (exact) mass is 745 g/mol. The molecule has 0 bridgehead atoms. The first kappa shape index (κ1) is 43.2. The minimum absolute atomic E-state index is 0.247. The van der Waals surface area contributed by atoms with E-state index in [9.17, 15) is 19.8 Å². The van der Waals surface area contributed by atoms with Crippen LogP contribution in [-0.4, -0.2) is 45.4 Å². The summed E-state index contributed by atoms with van der Waals surface area (Å²) in [6, 6.07) is 35.6. The van der Waals surface area contributed by atoms with Crippen LogP contribution in [0.1, 0.15) is 132 Å². The molecule has 0 saturated carbocycles. The Hall–Kier alpha value is -4.52. The summed E-state index contributed by atoms with van der Waals surface area (Å²) in [6.07, 6.45) is 14.8. The lowest BCUT2D eigenvalue weighted by atomic mass is 9.61. The van der Waals surface area contributed by atoms with Gasteiger partial charge in [-0.25, -0.2) is 4.79 Å². The van der Waals surface area contributed by atoms with Crippen LogP contribution in [0.2, 0.25) is 0 Å². The fraction of sp³-hybridized carbons (Fsp3) is 0.429. The van der Waals surface area contributed by atoms with Gasteiger partial charge in [0.25, 0.3) is 0 Å². The lowest BCUT2D eigenvalue weighted by molar-refractivity contribution is -0.0241. The van der Waals surface area contributed by atoms with Gasteiger partial charge in [0.15, 0.2) is 5.60 Å². The minimum Gasteiger partial charge on any atom is -0.444 e. The maximum Gasteiger partial charge on any atom is 0.408 e. The van der Waals surface area contributed by atoms with Crippen LogP contribution in [0.4, 0.5) is 4.79 Å². The van der Waals surface area contributed by atoms with Gasteiger partial charge in [0.2, 0.25) is 5.78 Å². The molecule has 3 atom stereocenters. The zero-order valence-electron chi connectivity index (χ0n) is 33.5. The van der Waals surface area contributed by atoms with Crippen LogP contribution in [0.3, 0.4) is 0 Å². The quantitative estimate of drug-likeness (QED) is 0.0322. The molecule has 0 saturated heterocycles. The Morgan fingerprint density at radius 3 is 1.45 bits per heavy atom. The van der Waals surface area contributed by atoms with Crippen molar-refractivity contribution in [3.8, 4) is 0 Å². The van der Waals surface area contributed by atoms with Crippen LogP contribution in [-0.2, 0) is 10.2 Å². The van der Waals surface area contributed by atoms with Crippen LogP contribution >= 0.6 is 0 Å². The molecule has 0 aliphatic rings. The maximum absolute atomic E-state index is 14.8. The molecule has 0 aromatic heterocycles. The van der Waals surface area contributed by atoms with E-state index in [4.69, 9.17) is 4.74 Å². The highest BCUT2D eigenvalue weighted by Gasteiger charge is 2.55.